The first kappa shape index (κ1) is 15.7. The van der Waals surface area contributed by atoms with Crippen LogP contribution in [0.3, 0.4) is 0 Å². The Bertz CT molecular complexity index is 588. The van der Waals surface area contributed by atoms with Crippen LogP contribution in [0.5, 0.6) is 0 Å². The molecule has 0 aliphatic heterocycles. The lowest BCUT2D eigenvalue weighted by Gasteiger charge is -2.26. The first-order valence-electron chi connectivity index (χ1n) is 6.65. The van der Waals surface area contributed by atoms with E-state index in [-0.39, 0.29) is 28.1 Å². The molecule has 1 saturated carbocycles. The van der Waals surface area contributed by atoms with Crippen molar-refractivity contribution in [1.29, 1.82) is 0 Å². The molecule has 7 heteroatoms. The average Bonchev–Trinajstić information content (AvgIpc) is 2.34. The summed E-state index contributed by atoms with van der Waals surface area (Å²) in [5, 5.41) is 3.18. The van der Waals surface area contributed by atoms with E-state index in [1.807, 2.05) is 6.92 Å². The predicted octanol–water partition coefficient (Wildman–Crippen LogP) is 2.42. The summed E-state index contributed by atoms with van der Waals surface area (Å²) in [6.07, 6.45) is 2.59. The second-order valence-corrected chi connectivity index (χ2v) is 7.03. The van der Waals surface area contributed by atoms with Crippen molar-refractivity contribution in [2.75, 3.05) is 6.54 Å². The van der Waals surface area contributed by atoms with Gasteiger partial charge in [-0.1, -0.05) is 24.9 Å². The second kappa shape index (κ2) is 6.39. The maximum Gasteiger partial charge on any atom is 0.243 e. The summed E-state index contributed by atoms with van der Waals surface area (Å²) in [6, 6.07) is 2.52. The molecule has 1 aromatic carbocycles. The number of halogens is 2. The lowest BCUT2D eigenvalue weighted by atomic mass is 9.94. The predicted molar refractivity (Wildman–Crippen MR) is 76.8 cm³/mol. The van der Waals surface area contributed by atoms with Gasteiger partial charge >= 0.3 is 0 Å². The monoisotopic (exact) mass is 320 g/mol. The molecule has 1 aromatic rings. The molecule has 0 saturated heterocycles. The van der Waals surface area contributed by atoms with E-state index in [0.717, 1.165) is 25.3 Å². The van der Waals surface area contributed by atoms with E-state index in [1.54, 1.807) is 0 Å². The number of hydrogen-bond donors (Lipinski definition) is 2. The van der Waals surface area contributed by atoms with Crippen LogP contribution in [0, 0.1) is 5.82 Å². The van der Waals surface area contributed by atoms with E-state index >= 15 is 0 Å². The molecule has 2 N–H and O–H groups in total. The summed E-state index contributed by atoms with van der Waals surface area (Å²) in [5.74, 6) is -0.734. The van der Waals surface area contributed by atoms with Gasteiger partial charge in [0.2, 0.25) is 10.0 Å². The molecule has 1 fully saturated rings. The fourth-order valence-corrected chi connectivity index (χ4v) is 3.77. The van der Waals surface area contributed by atoms with Crippen LogP contribution in [0.1, 0.15) is 31.7 Å². The highest BCUT2D eigenvalue weighted by Gasteiger charge is 2.28. The van der Waals surface area contributed by atoms with E-state index < -0.39 is 15.8 Å². The third-order valence-electron chi connectivity index (χ3n) is 3.36. The van der Waals surface area contributed by atoms with E-state index in [9.17, 15) is 12.8 Å². The fraction of sp³-hybridized carbons (Fsp3) is 0.538. The summed E-state index contributed by atoms with van der Waals surface area (Å²) in [6.45, 7) is 2.79. The first-order valence-corrected chi connectivity index (χ1v) is 8.51. The van der Waals surface area contributed by atoms with Gasteiger partial charge in [0.25, 0.3) is 0 Å². The summed E-state index contributed by atoms with van der Waals surface area (Å²) in [4.78, 5) is -0.371. The minimum absolute atomic E-state index is 0.0874. The van der Waals surface area contributed by atoms with E-state index in [0.29, 0.717) is 6.54 Å². The second-order valence-electron chi connectivity index (χ2n) is 4.91. The summed E-state index contributed by atoms with van der Waals surface area (Å²) in [7, 11) is -3.86. The van der Waals surface area contributed by atoms with Crippen LogP contribution in [0.15, 0.2) is 17.0 Å². The maximum atomic E-state index is 14.3. The minimum Gasteiger partial charge on any atom is -0.313 e. The van der Waals surface area contributed by atoms with Gasteiger partial charge in [0.1, 0.15) is 10.7 Å². The van der Waals surface area contributed by atoms with Crippen LogP contribution in [-0.4, -0.2) is 21.0 Å². The molecule has 0 amide bonds. The highest BCUT2D eigenvalue weighted by molar-refractivity contribution is 7.89. The maximum absolute atomic E-state index is 14.3. The zero-order valence-electron chi connectivity index (χ0n) is 11.2. The number of sulfonamides is 1. The summed E-state index contributed by atoms with van der Waals surface area (Å²) in [5.41, 5.74) is 0.258. The Morgan fingerprint density at radius 1 is 1.40 bits per heavy atom. The molecule has 1 aliphatic carbocycles. The molecule has 0 bridgehead atoms. The lowest BCUT2D eigenvalue weighted by Crippen LogP contribution is -2.39. The SMILES string of the molecule is CCNCc1cc(Cl)cc(S(=O)(=O)NC2CCC2)c1F. The molecule has 112 valence electrons. The van der Waals surface area contributed by atoms with Crippen molar-refractivity contribution in [1.82, 2.24) is 10.0 Å². The van der Waals surface area contributed by atoms with Crippen molar-refractivity contribution >= 4 is 21.6 Å². The fourth-order valence-electron chi connectivity index (χ4n) is 2.01. The van der Waals surface area contributed by atoms with Crippen LogP contribution in [-0.2, 0) is 16.6 Å². The lowest BCUT2D eigenvalue weighted by molar-refractivity contribution is 0.382. The van der Waals surface area contributed by atoms with Crippen molar-refractivity contribution in [3.05, 3.63) is 28.5 Å². The standard InChI is InChI=1S/C13H18ClFN2O2S/c1-2-16-8-9-6-10(14)7-12(13(9)15)20(18,19)17-11-4-3-5-11/h6-7,11,16-17H,2-5,8H2,1H3. The van der Waals surface area contributed by atoms with Crippen molar-refractivity contribution in [3.63, 3.8) is 0 Å². The van der Waals surface area contributed by atoms with Crippen LogP contribution < -0.4 is 10.0 Å². The number of hydrogen-bond acceptors (Lipinski definition) is 3. The minimum atomic E-state index is -3.86. The van der Waals surface area contributed by atoms with Gasteiger partial charge in [-0.15, -0.1) is 0 Å². The molecule has 20 heavy (non-hydrogen) atoms. The van der Waals surface area contributed by atoms with E-state index in [2.05, 4.69) is 10.0 Å². The van der Waals surface area contributed by atoms with Crippen molar-refractivity contribution in [2.45, 2.75) is 43.7 Å². The molecular weight excluding hydrogens is 303 g/mol. The molecular formula is C13H18ClFN2O2S. The Hall–Kier alpha value is -0.690. The van der Waals surface area contributed by atoms with Gasteiger partial charge in [0.05, 0.1) is 0 Å². The van der Waals surface area contributed by atoms with Crippen molar-refractivity contribution in [2.24, 2.45) is 0 Å². The molecule has 0 unspecified atom stereocenters. The Labute approximate surface area is 123 Å². The smallest absolute Gasteiger partial charge is 0.243 e. The number of rotatable bonds is 6. The zero-order valence-corrected chi connectivity index (χ0v) is 12.8. The van der Waals surface area contributed by atoms with Crippen molar-refractivity contribution in [3.8, 4) is 0 Å². The van der Waals surface area contributed by atoms with Gasteiger partial charge in [0, 0.05) is 23.2 Å². The molecule has 4 nitrogen and oxygen atoms in total. The number of benzene rings is 1. The normalized spacial score (nSPS) is 16.1. The van der Waals surface area contributed by atoms with Gasteiger partial charge in [0.15, 0.2) is 0 Å². The largest absolute Gasteiger partial charge is 0.313 e. The first-order chi connectivity index (χ1) is 9.44. The van der Waals surface area contributed by atoms with E-state index in [4.69, 9.17) is 11.6 Å². The van der Waals surface area contributed by atoms with Gasteiger partial charge < -0.3 is 5.32 Å². The Kier molecular flexibility index (Phi) is 5.01. The molecule has 0 atom stereocenters. The van der Waals surface area contributed by atoms with Crippen LogP contribution in [0.2, 0.25) is 5.02 Å². The molecule has 0 spiro atoms. The Morgan fingerprint density at radius 3 is 2.65 bits per heavy atom. The van der Waals surface area contributed by atoms with E-state index in [1.165, 1.54) is 6.07 Å². The zero-order chi connectivity index (χ0) is 14.8. The van der Waals surface area contributed by atoms with Gasteiger partial charge in [-0.2, -0.15) is 0 Å². The third kappa shape index (κ3) is 3.49. The molecule has 0 aromatic heterocycles. The summed E-state index contributed by atoms with van der Waals surface area (Å²) >= 11 is 5.90. The third-order valence-corrected chi connectivity index (χ3v) is 5.10. The number of nitrogens with one attached hydrogen (secondary N) is 2. The van der Waals surface area contributed by atoms with Crippen molar-refractivity contribution < 1.29 is 12.8 Å². The highest BCUT2D eigenvalue weighted by Crippen LogP contribution is 2.26. The molecule has 0 radical (unpaired) electrons. The quantitative estimate of drug-likeness (QED) is 0.846. The molecule has 0 heterocycles. The highest BCUT2D eigenvalue weighted by atomic mass is 35.5. The van der Waals surface area contributed by atoms with Crippen LogP contribution >= 0.6 is 11.6 Å². The van der Waals surface area contributed by atoms with Gasteiger partial charge in [-0.25, -0.2) is 17.5 Å². The Balaban J connectivity index is 2.31. The average molecular weight is 321 g/mol. The Morgan fingerprint density at radius 2 is 2.10 bits per heavy atom. The van der Waals surface area contributed by atoms with Gasteiger partial charge in [-0.05, 0) is 31.5 Å². The van der Waals surface area contributed by atoms with Gasteiger partial charge in [-0.3, -0.25) is 0 Å². The van der Waals surface area contributed by atoms with Crippen LogP contribution in [0.4, 0.5) is 4.39 Å². The molecule has 1 aliphatic rings. The topological polar surface area (TPSA) is 58.2 Å². The van der Waals surface area contributed by atoms with Crippen LogP contribution in [0.25, 0.3) is 0 Å². The summed E-state index contributed by atoms with van der Waals surface area (Å²) < 4.78 is 41.2. The molecule has 2 rings (SSSR count).